The van der Waals surface area contributed by atoms with Crippen molar-refractivity contribution in [2.24, 2.45) is 16.8 Å². The van der Waals surface area contributed by atoms with Gasteiger partial charge >= 0.3 is 5.97 Å². The summed E-state index contributed by atoms with van der Waals surface area (Å²) in [5.74, 6) is 1.16. The Morgan fingerprint density at radius 3 is 2.57 bits per heavy atom. The second-order valence-electron chi connectivity index (χ2n) is 11.8. The van der Waals surface area contributed by atoms with Gasteiger partial charge in [0.05, 0.1) is 29.7 Å². The lowest BCUT2D eigenvalue weighted by Gasteiger charge is -2.30. The summed E-state index contributed by atoms with van der Waals surface area (Å²) in [7, 11) is 0. The van der Waals surface area contributed by atoms with E-state index in [1.165, 1.54) is 11.1 Å². The number of nitrogens with zero attached hydrogens (tertiary/aromatic N) is 4. The van der Waals surface area contributed by atoms with Crippen LogP contribution in [0.2, 0.25) is 0 Å². The monoisotopic (exact) mass is 557 g/mol. The van der Waals surface area contributed by atoms with E-state index in [4.69, 9.17) is 15.1 Å². The second kappa shape index (κ2) is 11.4. The molecular weight excluding hydrogens is 522 g/mol. The van der Waals surface area contributed by atoms with E-state index in [1.807, 2.05) is 47.4 Å². The van der Waals surface area contributed by atoms with Crippen LogP contribution in [0.15, 0.2) is 102 Å². The molecule has 1 saturated carbocycles. The van der Waals surface area contributed by atoms with Crippen molar-refractivity contribution >= 4 is 23.0 Å². The molecule has 42 heavy (non-hydrogen) atoms. The number of aromatic nitrogens is 3. The number of para-hydroxylation sites is 1. The first-order valence-electron chi connectivity index (χ1n) is 15.0. The van der Waals surface area contributed by atoms with Crippen LogP contribution < -0.4 is 5.32 Å². The first-order valence-corrected chi connectivity index (χ1v) is 15.0. The van der Waals surface area contributed by atoms with Crippen LogP contribution in [-0.2, 0) is 4.79 Å². The predicted octanol–water partition coefficient (Wildman–Crippen LogP) is 6.39. The van der Waals surface area contributed by atoms with Crippen LogP contribution in [0.5, 0.6) is 0 Å². The fourth-order valence-corrected chi connectivity index (χ4v) is 6.72. The maximum absolute atomic E-state index is 11.0. The Morgan fingerprint density at radius 2 is 1.83 bits per heavy atom. The quantitative estimate of drug-likeness (QED) is 0.351. The van der Waals surface area contributed by atoms with Crippen LogP contribution in [0.4, 0.5) is 0 Å². The fraction of sp³-hybridized carbons (Fsp3) is 0.314. The van der Waals surface area contributed by atoms with Gasteiger partial charge in [0.15, 0.2) is 0 Å². The number of rotatable bonds is 7. The molecule has 1 aromatic carbocycles. The number of aliphatic carboxylic acids is 1. The molecule has 2 atom stereocenters. The van der Waals surface area contributed by atoms with Crippen LogP contribution in [0.25, 0.3) is 16.8 Å². The highest BCUT2D eigenvalue weighted by Crippen LogP contribution is 2.39. The molecule has 3 aliphatic carbocycles. The van der Waals surface area contributed by atoms with Crippen molar-refractivity contribution < 1.29 is 9.90 Å². The number of nitrogens with one attached hydrogen (secondary N) is 1. The van der Waals surface area contributed by atoms with Gasteiger partial charge in [0.25, 0.3) is 0 Å². The van der Waals surface area contributed by atoms with Crippen molar-refractivity contribution in [3.63, 3.8) is 0 Å². The van der Waals surface area contributed by atoms with E-state index in [-0.39, 0.29) is 12.1 Å². The summed E-state index contributed by atoms with van der Waals surface area (Å²) < 4.78 is 1.90. The number of hydrogen-bond donors (Lipinski definition) is 2. The second-order valence-corrected chi connectivity index (χ2v) is 11.8. The molecule has 4 aliphatic rings. The molecule has 7 nitrogen and oxygen atoms in total. The molecule has 2 unspecified atom stereocenters. The molecule has 212 valence electrons. The van der Waals surface area contributed by atoms with E-state index in [0.29, 0.717) is 18.3 Å². The first kappa shape index (κ1) is 26.4. The molecule has 1 aliphatic heterocycles. The fourth-order valence-electron chi connectivity index (χ4n) is 6.72. The summed E-state index contributed by atoms with van der Waals surface area (Å²) >= 11 is 0. The Kier molecular flexibility index (Phi) is 7.16. The molecule has 0 bridgehead atoms. The number of amidine groups is 1. The van der Waals surface area contributed by atoms with Crippen molar-refractivity contribution in [2.75, 3.05) is 0 Å². The largest absolute Gasteiger partial charge is 0.481 e. The highest BCUT2D eigenvalue weighted by atomic mass is 16.4. The number of allylic oxidation sites excluding steroid dienone is 6. The van der Waals surface area contributed by atoms with Gasteiger partial charge < -0.3 is 10.4 Å². The van der Waals surface area contributed by atoms with E-state index in [0.717, 1.165) is 72.4 Å². The Morgan fingerprint density at radius 1 is 0.976 bits per heavy atom. The Hall–Kier alpha value is -4.52. The number of carbonyl (C=O) groups is 1. The van der Waals surface area contributed by atoms with Gasteiger partial charge in [-0.3, -0.25) is 14.8 Å². The molecule has 2 aromatic heterocycles. The standard InChI is InChI=1S/C35H35N5O2/c41-34(42)18-23-6-8-24(9-7-23)25-10-12-26(13-11-25)31-16-15-28(20-36-31)35-38-32-17-14-27(19-33(32)39-35)29-21-37-40(22-29)30-4-2-1-3-5-30/h1-5,10,12,14-17,19-24,32-33H,6-9,11,13,18H2,(H,38,39)(H,41,42). The van der Waals surface area contributed by atoms with Gasteiger partial charge in [0, 0.05) is 29.9 Å². The zero-order valence-electron chi connectivity index (χ0n) is 23.6. The minimum atomic E-state index is -0.665. The van der Waals surface area contributed by atoms with Crippen molar-refractivity contribution in [2.45, 2.75) is 57.0 Å². The summed E-state index contributed by atoms with van der Waals surface area (Å²) in [4.78, 5) is 20.8. The van der Waals surface area contributed by atoms with Crippen LogP contribution in [0.1, 0.15) is 61.8 Å². The van der Waals surface area contributed by atoms with Crippen molar-refractivity contribution in [1.82, 2.24) is 20.1 Å². The van der Waals surface area contributed by atoms with Crippen LogP contribution in [-0.4, -0.2) is 43.8 Å². The molecule has 2 N–H and O–H groups in total. The molecule has 3 heterocycles. The first-order chi connectivity index (χ1) is 20.6. The average Bonchev–Trinajstić information content (AvgIpc) is 3.70. The summed E-state index contributed by atoms with van der Waals surface area (Å²) in [5.41, 5.74) is 8.07. The molecular formula is C35H35N5O2. The average molecular weight is 558 g/mol. The lowest BCUT2D eigenvalue weighted by molar-refractivity contribution is -0.138. The summed E-state index contributed by atoms with van der Waals surface area (Å²) in [6, 6.07) is 14.5. The van der Waals surface area contributed by atoms with E-state index in [9.17, 15) is 4.79 Å². The van der Waals surface area contributed by atoms with Gasteiger partial charge in [0.1, 0.15) is 5.84 Å². The van der Waals surface area contributed by atoms with Gasteiger partial charge in [-0.2, -0.15) is 5.10 Å². The topological polar surface area (TPSA) is 92.4 Å². The number of hydrogen-bond acceptors (Lipinski definition) is 5. The zero-order chi connectivity index (χ0) is 28.5. The number of benzene rings is 1. The summed E-state index contributed by atoms with van der Waals surface area (Å²) in [5, 5.41) is 17.2. The van der Waals surface area contributed by atoms with Crippen molar-refractivity contribution in [1.29, 1.82) is 0 Å². The van der Waals surface area contributed by atoms with Gasteiger partial charge in [0.2, 0.25) is 0 Å². The normalized spacial score (nSPS) is 25.0. The highest BCUT2D eigenvalue weighted by Gasteiger charge is 2.29. The number of carboxylic acids is 1. The van der Waals surface area contributed by atoms with Crippen LogP contribution in [0.3, 0.4) is 0 Å². The molecule has 7 heteroatoms. The molecule has 0 saturated heterocycles. The van der Waals surface area contributed by atoms with E-state index in [2.05, 4.69) is 59.1 Å². The minimum absolute atomic E-state index is 0.0661. The summed E-state index contributed by atoms with van der Waals surface area (Å²) in [6.07, 6.45) is 23.6. The molecule has 0 radical (unpaired) electrons. The van der Waals surface area contributed by atoms with Gasteiger partial charge in [-0.15, -0.1) is 0 Å². The third-order valence-corrected chi connectivity index (χ3v) is 9.10. The van der Waals surface area contributed by atoms with Gasteiger partial charge in [-0.25, -0.2) is 4.68 Å². The third kappa shape index (κ3) is 5.51. The number of pyridine rings is 1. The smallest absolute Gasteiger partial charge is 0.303 e. The number of aliphatic imine (C=N–C) groups is 1. The zero-order valence-corrected chi connectivity index (χ0v) is 23.6. The van der Waals surface area contributed by atoms with E-state index >= 15 is 0 Å². The minimum Gasteiger partial charge on any atom is -0.481 e. The van der Waals surface area contributed by atoms with Crippen LogP contribution in [0, 0.1) is 11.8 Å². The van der Waals surface area contributed by atoms with E-state index < -0.39 is 5.97 Å². The lowest BCUT2D eigenvalue weighted by atomic mass is 9.75. The molecule has 0 spiro atoms. The van der Waals surface area contributed by atoms with Crippen molar-refractivity contribution in [3.8, 4) is 5.69 Å². The Bertz CT molecular complexity index is 1620. The predicted molar refractivity (Wildman–Crippen MR) is 165 cm³/mol. The van der Waals surface area contributed by atoms with E-state index in [1.54, 1.807) is 0 Å². The highest BCUT2D eigenvalue weighted by molar-refractivity contribution is 6.01. The van der Waals surface area contributed by atoms with Crippen molar-refractivity contribution in [3.05, 3.63) is 114 Å². The third-order valence-electron chi connectivity index (χ3n) is 9.10. The Labute approximate surface area is 246 Å². The summed E-state index contributed by atoms with van der Waals surface area (Å²) in [6.45, 7) is 0. The number of carboxylic acid groups (broad SMARTS) is 1. The molecule has 7 rings (SSSR count). The van der Waals surface area contributed by atoms with Gasteiger partial charge in [-0.1, -0.05) is 54.2 Å². The van der Waals surface area contributed by atoms with Crippen LogP contribution >= 0.6 is 0 Å². The lowest BCUT2D eigenvalue weighted by Crippen LogP contribution is -2.33. The molecule has 0 amide bonds. The SMILES string of the molecule is O=C(O)CC1CCC(C2=CC=C(c3ccc(C4=NC5C=CC(c6cnn(-c7ccccc7)c6)=CC5N4)cn3)CC2)CC1. The molecule has 1 fully saturated rings. The number of fused-ring (bicyclic) bond motifs is 1. The van der Waals surface area contributed by atoms with Gasteiger partial charge in [-0.05, 0) is 85.8 Å². The Balaban J connectivity index is 0.980. The maximum atomic E-state index is 11.0. The molecule has 3 aromatic rings. The maximum Gasteiger partial charge on any atom is 0.303 e.